The van der Waals surface area contributed by atoms with Crippen molar-refractivity contribution >= 4 is 12.0 Å². The van der Waals surface area contributed by atoms with Crippen molar-refractivity contribution in [3.8, 4) is 0 Å². The summed E-state index contributed by atoms with van der Waals surface area (Å²) < 4.78 is 5.04. The molecule has 1 aliphatic rings. The van der Waals surface area contributed by atoms with Gasteiger partial charge >= 0.3 is 6.09 Å². The van der Waals surface area contributed by atoms with Gasteiger partial charge in [0.1, 0.15) is 6.61 Å². The topological polar surface area (TPSA) is 46.6 Å². The van der Waals surface area contributed by atoms with Crippen LogP contribution in [0.15, 0.2) is 42.5 Å². The number of ether oxygens (including phenoxy) is 1. The number of imide groups is 1. The third-order valence-corrected chi connectivity index (χ3v) is 3.38. The normalized spacial score (nSPS) is 20.2. The van der Waals surface area contributed by atoms with E-state index in [0.717, 1.165) is 5.56 Å². The highest BCUT2D eigenvalue weighted by atomic mass is 16.6. The minimum atomic E-state index is -0.535. The minimum Gasteiger partial charge on any atom is -0.447 e. The lowest BCUT2D eigenvalue weighted by Gasteiger charge is -2.21. The smallest absolute Gasteiger partial charge is 0.417 e. The molecule has 1 unspecified atom stereocenters. The SMILES string of the molecule is C/C=C/[C@H](C)C(=O)N1C(=O)OCC1Cc1ccccc1. The number of nitrogens with zero attached hydrogens (tertiary/aromatic N) is 1. The monoisotopic (exact) mass is 273 g/mol. The summed E-state index contributed by atoms with van der Waals surface area (Å²) in [6, 6.07) is 9.59. The molecule has 2 atom stereocenters. The van der Waals surface area contributed by atoms with E-state index in [0.29, 0.717) is 6.42 Å². The second-order valence-electron chi connectivity index (χ2n) is 4.94. The first-order valence-corrected chi connectivity index (χ1v) is 6.80. The Bertz CT molecular complexity index is 510. The number of hydrogen-bond donors (Lipinski definition) is 0. The average Bonchev–Trinajstić information content (AvgIpc) is 2.80. The number of hydrogen-bond acceptors (Lipinski definition) is 3. The van der Waals surface area contributed by atoms with E-state index in [1.54, 1.807) is 13.0 Å². The molecular formula is C16H19NO3. The Morgan fingerprint density at radius 3 is 2.80 bits per heavy atom. The van der Waals surface area contributed by atoms with Gasteiger partial charge in [-0.3, -0.25) is 4.79 Å². The number of carbonyl (C=O) groups excluding carboxylic acids is 2. The zero-order valence-electron chi connectivity index (χ0n) is 11.8. The molecule has 0 aromatic heterocycles. The summed E-state index contributed by atoms with van der Waals surface area (Å²) in [5.41, 5.74) is 1.09. The molecule has 2 rings (SSSR count). The molecule has 106 valence electrons. The van der Waals surface area contributed by atoms with Crippen LogP contribution in [-0.2, 0) is 16.0 Å². The molecule has 1 aromatic carbocycles. The van der Waals surface area contributed by atoms with Crippen LogP contribution in [0.3, 0.4) is 0 Å². The van der Waals surface area contributed by atoms with Crippen LogP contribution in [0.4, 0.5) is 4.79 Å². The quantitative estimate of drug-likeness (QED) is 0.792. The lowest BCUT2D eigenvalue weighted by molar-refractivity contribution is -0.131. The first kappa shape index (κ1) is 14.3. The van der Waals surface area contributed by atoms with Crippen LogP contribution in [0.2, 0.25) is 0 Å². The van der Waals surface area contributed by atoms with Gasteiger partial charge in [0.05, 0.1) is 12.0 Å². The highest BCUT2D eigenvalue weighted by molar-refractivity contribution is 5.95. The summed E-state index contributed by atoms with van der Waals surface area (Å²) in [4.78, 5) is 25.4. The molecule has 0 radical (unpaired) electrons. The maximum Gasteiger partial charge on any atom is 0.417 e. The van der Waals surface area contributed by atoms with E-state index in [2.05, 4.69) is 0 Å². The van der Waals surface area contributed by atoms with E-state index in [4.69, 9.17) is 4.74 Å². The van der Waals surface area contributed by atoms with Crippen molar-refractivity contribution in [2.75, 3.05) is 6.61 Å². The summed E-state index contributed by atoms with van der Waals surface area (Å²) in [5, 5.41) is 0. The maximum atomic E-state index is 12.3. The Morgan fingerprint density at radius 2 is 2.15 bits per heavy atom. The number of carbonyl (C=O) groups is 2. The van der Waals surface area contributed by atoms with E-state index in [-0.39, 0.29) is 24.5 Å². The van der Waals surface area contributed by atoms with Crippen molar-refractivity contribution in [2.45, 2.75) is 26.3 Å². The summed E-state index contributed by atoms with van der Waals surface area (Å²) in [5.74, 6) is -0.518. The third kappa shape index (κ3) is 3.07. The second kappa shape index (κ2) is 6.37. The van der Waals surface area contributed by atoms with Crippen LogP contribution in [0, 0.1) is 5.92 Å². The molecule has 1 fully saturated rings. The summed E-state index contributed by atoms with van der Waals surface area (Å²) >= 11 is 0. The molecule has 0 bridgehead atoms. The molecule has 0 N–H and O–H groups in total. The predicted octanol–water partition coefficient (Wildman–Crippen LogP) is 2.79. The van der Waals surface area contributed by atoms with Crippen LogP contribution < -0.4 is 0 Å². The molecule has 0 saturated carbocycles. The van der Waals surface area contributed by atoms with Crippen molar-refractivity contribution in [1.82, 2.24) is 4.90 Å². The van der Waals surface area contributed by atoms with Crippen LogP contribution in [0.25, 0.3) is 0 Å². The standard InChI is InChI=1S/C16H19NO3/c1-3-7-12(2)15(18)17-14(11-20-16(17)19)10-13-8-5-4-6-9-13/h3-9,12,14H,10-11H2,1-2H3/b7-3+/t12-,14?/m0/s1. The lowest BCUT2D eigenvalue weighted by atomic mass is 10.0. The van der Waals surface area contributed by atoms with Gasteiger partial charge in [0.25, 0.3) is 0 Å². The largest absolute Gasteiger partial charge is 0.447 e. The van der Waals surface area contributed by atoms with Crippen molar-refractivity contribution < 1.29 is 14.3 Å². The Labute approximate surface area is 119 Å². The van der Waals surface area contributed by atoms with Gasteiger partial charge in [0.2, 0.25) is 5.91 Å². The van der Waals surface area contributed by atoms with Crippen molar-refractivity contribution in [1.29, 1.82) is 0 Å². The van der Waals surface area contributed by atoms with Crippen molar-refractivity contribution in [2.24, 2.45) is 5.92 Å². The molecule has 0 spiro atoms. The first-order chi connectivity index (χ1) is 9.63. The average molecular weight is 273 g/mol. The summed E-state index contributed by atoms with van der Waals surface area (Å²) in [7, 11) is 0. The van der Waals surface area contributed by atoms with Crippen LogP contribution >= 0.6 is 0 Å². The van der Waals surface area contributed by atoms with Gasteiger partial charge in [0.15, 0.2) is 0 Å². The Hall–Kier alpha value is -2.10. The Morgan fingerprint density at radius 1 is 1.45 bits per heavy atom. The first-order valence-electron chi connectivity index (χ1n) is 6.80. The van der Waals surface area contributed by atoms with Crippen LogP contribution in [0.5, 0.6) is 0 Å². The molecule has 20 heavy (non-hydrogen) atoms. The molecular weight excluding hydrogens is 254 g/mol. The summed E-state index contributed by atoms with van der Waals surface area (Å²) in [6.45, 7) is 3.91. The molecule has 1 aromatic rings. The molecule has 1 aliphatic heterocycles. The van der Waals surface area contributed by atoms with Gasteiger partial charge in [-0.05, 0) is 18.9 Å². The van der Waals surface area contributed by atoms with E-state index in [1.807, 2.05) is 43.3 Å². The van der Waals surface area contributed by atoms with Gasteiger partial charge in [-0.15, -0.1) is 0 Å². The fourth-order valence-electron chi connectivity index (χ4n) is 2.36. The Kier molecular flexibility index (Phi) is 4.56. The molecule has 0 aliphatic carbocycles. The summed E-state index contributed by atoms with van der Waals surface area (Å²) in [6.07, 6.45) is 3.69. The third-order valence-electron chi connectivity index (χ3n) is 3.38. The highest BCUT2D eigenvalue weighted by Gasteiger charge is 2.38. The van der Waals surface area contributed by atoms with Gasteiger partial charge in [-0.2, -0.15) is 0 Å². The van der Waals surface area contributed by atoms with E-state index < -0.39 is 6.09 Å². The molecule has 2 amide bonds. The number of cyclic esters (lactones) is 1. The fourth-order valence-corrected chi connectivity index (χ4v) is 2.36. The number of rotatable bonds is 4. The van der Waals surface area contributed by atoms with Gasteiger partial charge in [-0.25, -0.2) is 9.69 Å². The lowest BCUT2D eigenvalue weighted by Crippen LogP contribution is -2.42. The second-order valence-corrected chi connectivity index (χ2v) is 4.94. The van der Waals surface area contributed by atoms with E-state index in [1.165, 1.54) is 4.90 Å². The molecule has 4 heteroatoms. The zero-order valence-corrected chi connectivity index (χ0v) is 11.8. The van der Waals surface area contributed by atoms with E-state index >= 15 is 0 Å². The predicted molar refractivity (Wildman–Crippen MR) is 76.1 cm³/mol. The van der Waals surface area contributed by atoms with Gasteiger partial charge in [-0.1, -0.05) is 49.4 Å². The van der Waals surface area contributed by atoms with Crippen LogP contribution in [0.1, 0.15) is 19.4 Å². The zero-order chi connectivity index (χ0) is 14.5. The maximum absolute atomic E-state index is 12.3. The molecule has 4 nitrogen and oxygen atoms in total. The minimum absolute atomic E-state index is 0.202. The van der Waals surface area contributed by atoms with E-state index in [9.17, 15) is 9.59 Å². The fraction of sp³-hybridized carbons (Fsp3) is 0.375. The number of allylic oxidation sites excluding steroid dienone is 1. The highest BCUT2D eigenvalue weighted by Crippen LogP contribution is 2.20. The number of amides is 2. The number of benzene rings is 1. The van der Waals surface area contributed by atoms with Crippen LogP contribution in [-0.4, -0.2) is 29.5 Å². The van der Waals surface area contributed by atoms with Crippen molar-refractivity contribution in [3.05, 3.63) is 48.0 Å². The molecule has 1 heterocycles. The molecule has 1 saturated heterocycles. The van der Waals surface area contributed by atoms with Crippen molar-refractivity contribution in [3.63, 3.8) is 0 Å². The van der Waals surface area contributed by atoms with Gasteiger partial charge < -0.3 is 4.74 Å². The van der Waals surface area contributed by atoms with Gasteiger partial charge in [0, 0.05) is 0 Å². The Balaban J connectivity index is 2.12.